The maximum Gasteiger partial charge on any atom is 0.408 e. The Morgan fingerprint density at radius 3 is 2.60 bits per heavy atom. The summed E-state index contributed by atoms with van der Waals surface area (Å²) in [7, 11) is 0. The van der Waals surface area contributed by atoms with E-state index in [0.29, 0.717) is 17.7 Å². The third-order valence-electron chi connectivity index (χ3n) is 6.82. The van der Waals surface area contributed by atoms with Gasteiger partial charge in [-0.1, -0.05) is 43.0 Å². The highest BCUT2D eigenvalue weighted by Crippen LogP contribution is 2.28. The van der Waals surface area contributed by atoms with Gasteiger partial charge in [-0.25, -0.2) is 9.59 Å². The van der Waals surface area contributed by atoms with E-state index in [2.05, 4.69) is 22.5 Å². The number of hydrogen-bond donors (Lipinski definition) is 3. The van der Waals surface area contributed by atoms with Gasteiger partial charge in [-0.15, -0.1) is 0 Å². The van der Waals surface area contributed by atoms with Gasteiger partial charge in [0, 0.05) is 18.7 Å². The van der Waals surface area contributed by atoms with Crippen LogP contribution in [0.1, 0.15) is 44.0 Å². The van der Waals surface area contributed by atoms with Crippen LogP contribution in [0.3, 0.4) is 0 Å². The number of benzene rings is 2. The highest BCUT2D eigenvalue weighted by Gasteiger charge is 2.40. The molecule has 11 nitrogen and oxygen atoms in total. The van der Waals surface area contributed by atoms with Crippen molar-refractivity contribution in [1.29, 1.82) is 0 Å². The van der Waals surface area contributed by atoms with Gasteiger partial charge >= 0.3 is 12.2 Å². The molecule has 42 heavy (non-hydrogen) atoms. The Bertz CT molecular complexity index is 1320. The summed E-state index contributed by atoms with van der Waals surface area (Å²) in [4.78, 5) is 53.7. The second-order valence-electron chi connectivity index (χ2n) is 11.2. The molecule has 0 saturated carbocycles. The lowest BCUT2D eigenvalue weighted by Crippen LogP contribution is -2.52. The van der Waals surface area contributed by atoms with E-state index in [9.17, 15) is 19.2 Å². The van der Waals surface area contributed by atoms with Crippen LogP contribution in [0, 0.1) is 0 Å². The lowest BCUT2D eigenvalue weighted by molar-refractivity contribution is -0.135. The zero-order chi connectivity index (χ0) is 30.3. The summed E-state index contributed by atoms with van der Waals surface area (Å²) >= 11 is 0. The average molecular weight is 579 g/mol. The average Bonchev–Trinajstić information content (AvgIpc) is 3.34. The largest absolute Gasteiger partial charge is 0.491 e. The number of carbonyl (C=O) groups is 4. The van der Waals surface area contributed by atoms with Crippen molar-refractivity contribution in [3.63, 3.8) is 0 Å². The molecule has 224 valence electrons. The van der Waals surface area contributed by atoms with E-state index in [-0.39, 0.29) is 44.5 Å². The number of carbonyl (C=O) groups excluding carboxylic acids is 4. The molecular formula is C31H38N4O7. The molecule has 0 radical (unpaired) electrons. The maximum atomic E-state index is 13.9. The highest BCUT2D eigenvalue weighted by atomic mass is 16.6. The molecule has 4 rings (SSSR count). The summed E-state index contributed by atoms with van der Waals surface area (Å²) < 4.78 is 16.7. The summed E-state index contributed by atoms with van der Waals surface area (Å²) in [5.74, 6) is -0.130. The van der Waals surface area contributed by atoms with E-state index in [0.717, 1.165) is 11.1 Å². The summed E-state index contributed by atoms with van der Waals surface area (Å²) in [5.41, 5.74) is 1.34. The Labute approximate surface area is 245 Å². The first-order valence-corrected chi connectivity index (χ1v) is 14.0. The maximum absolute atomic E-state index is 13.9. The van der Waals surface area contributed by atoms with Gasteiger partial charge in [0.15, 0.2) is 0 Å². The molecule has 4 amide bonds. The quantitative estimate of drug-likeness (QED) is 0.472. The van der Waals surface area contributed by atoms with Crippen molar-refractivity contribution in [3.8, 4) is 16.9 Å². The predicted molar refractivity (Wildman–Crippen MR) is 156 cm³/mol. The fourth-order valence-corrected chi connectivity index (χ4v) is 5.00. The van der Waals surface area contributed by atoms with Crippen LogP contribution in [-0.2, 0) is 14.3 Å². The van der Waals surface area contributed by atoms with Crippen LogP contribution in [0.5, 0.6) is 5.75 Å². The number of nitrogens with zero attached hydrogens (tertiary/aromatic N) is 1. The zero-order valence-corrected chi connectivity index (χ0v) is 24.2. The van der Waals surface area contributed by atoms with Crippen molar-refractivity contribution in [3.05, 3.63) is 66.7 Å². The van der Waals surface area contributed by atoms with Crippen molar-refractivity contribution in [1.82, 2.24) is 20.9 Å². The van der Waals surface area contributed by atoms with Gasteiger partial charge in [0.1, 0.15) is 30.6 Å². The van der Waals surface area contributed by atoms with Gasteiger partial charge in [-0.2, -0.15) is 0 Å². The Morgan fingerprint density at radius 1 is 1.10 bits per heavy atom. The molecule has 0 aliphatic carbocycles. The van der Waals surface area contributed by atoms with Crippen LogP contribution in [0.15, 0.2) is 61.2 Å². The monoisotopic (exact) mass is 578 g/mol. The van der Waals surface area contributed by atoms with Crippen molar-refractivity contribution >= 4 is 24.0 Å². The first kappa shape index (κ1) is 30.4. The normalized spacial score (nSPS) is 20.8. The third-order valence-corrected chi connectivity index (χ3v) is 6.82. The highest BCUT2D eigenvalue weighted by molar-refractivity contribution is 6.01. The van der Waals surface area contributed by atoms with Gasteiger partial charge in [-0.3, -0.25) is 9.59 Å². The molecule has 2 aliphatic heterocycles. The fraction of sp³-hybridized carbons (Fsp3) is 0.419. The SMILES string of the molecule is C=CCOC(=O)N[C@@H]1CCNC(=O)c2ccccc2-c2cccc(c2)OC[C@@H]2C[C@H](NC(=O)OC(C)(C)C)CN2C1=O. The zero-order valence-electron chi connectivity index (χ0n) is 24.2. The minimum Gasteiger partial charge on any atom is -0.491 e. The molecule has 0 aromatic heterocycles. The van der Waals surface area contributed by atoms with E-state index in [1.165, 1.54) is 6.08 Å². The molecule has 2 aromatic carbocycles. The van der Waals surface area contributed by atoms with Crippen molar-refractivity contribution in [2.75, 3.05) is 26.3 Å². The van der Waals surface area contributed by atoms with E-state index in [1.54, 1.807) is 37.8 Å². The van der Waals surface area contributed by atoms with Crippen molar-refractivity contribution in [2.24, 2.45) is 0 Å². The van der Waals surface area contributed by atoms with E-state index in [4.69, 9.17) is 14.2 Å². The minimum atomic E-state index is -1.01. The predicted octanol–water partition coefficient (Wildman–Crippen LogP) is 3.64. The van der Waals surface area contributed by atoms with Crippen LogP contribution in [0.4, 0.5) is 9.59 Å². The Hall–Kier alpha value is -4.54. The molecule has 2 heterocycles. The number of fused-ring (bicyclic) bond motifs is 5. The molecule has 1 saturated heterocycles. The lowest BCUT2D eigenvalue weighted by Gasteiger charge is -2.29. The first-order chi connectivity index (χ1) is 20.0. The fourth-order valence-electron chi connectivity index (χ4n) is 5.00. The van der Waals surface area contributed by atoms with Gasteiger partial charge in [0.2, 0.25) is 5.91 Å². The van der Waals surface area contributed by atoms with Gasteiger partial charge < -0.3 is 35.1 Å². The van der Waals surface area contributed by atoms with Crippen LogP contribution in [0.2, 0.25) is 0 Å². The standard InChI is InChI=1S/C31H38N4O7/c1-5-15-40-29(38)34-26-13-14-32-27(36)25-12-7-6-11-24(25)20-9-8-10-23(16-20)41-19-22-17-21(18-35(22)28(26)37)33-30(39)42-31(2,3)4/h5-12,16,21-22,26H,1,13-15,17-19H2,2-4H3,(H,32,36)(H,33,39)(H,34,38)/t21-,22-,26+/m0/s1. The topological polar surface area (TPSA) is 135 Å². The number of rotatable bonds is 4. The summed E-state index contributed by atoms with van der Waals surface area (Å²) in [6.45, 7) is 9.27. The molecule has 11 heteroatoms. The minimum absolute atomic E-state index is 0.0270. The van der Waals surface area contributed by atoms with Gasteiger partial charge in [0.05, 0.1) is 12.1 Å². The van der Waals surface area contributed by atoms with Gasteiger partial charge in [-0.05, 0) is 62.9 Å². The number of amides is 4. The number of ether oxygens (including phenoxy) is 3. The van der Waals surface area contributed by atoms with E-state index < -0.39 is 35.9 Å². The second-order valence-corrected chi connectivity index (χ2v) is 11.2. The number of hydrogen-bond acceptors (Lipinski definition) is 7. The Balaban J connectivity index is 1.63. The Morgan fingerprint density at radius 2 is 1.86 bits per heavy atom. The van der Waals surface area contributed by atoms with Crippen LogP contribution < -0.4 is 20.7 Å². The van der Waals surface area contributed by atoms with Crippen LogP contribution >= 0.6 is 0 Å². The molecule has 0 spiro atoms. The smallest absolute Gasteiger partial charge is 0.408 e. The van der Waals surface area contributed by atoms with Crippen LogP contribution in [-0.4, -0.2) is 78.9 Å². The van der Waals surface area contributed by atoms with Crippen LogP contribution in [0.25, 0.3) is 11.1 Å². The second kappa shape index (κ2) is 13.4. The summed E-state index contributed by atoms with van der Waals surface area (Å²) in [6.07, 6.45) is 0.579. The third kappa shape index (κ3) is 8.02. The van der Waals surface area contributed by atoms with E-state index >= 15 is 0 Å². The molecule has 3 atom stereocenters. The molecule has 2 aliphatic rings. The van der Waals surface area contributed by atoms with E-state index in [1.807, 2.05) is 36.4 Å². The summed E-state index contributed by atoms with van der Waals surface area (Å²) in [5, 5.41) is 8.36. The molecule has 1 fully saturated rings. The van der Waals surface area contributed by atoms with Crippen molar-refractivity contribution < 1.29 is 33.4 Å². The molecule has 2 aromatic rings. The number of nitrogens with one attached hydrogen (secondary N) is 3. The molecule has 2 bridgehead atoms. The van der Waals surface area contributed by atoms with Gasteiger partial charge in [0.25, 0.3) is 5.91 Å². The molecule has 3 N–H and O–H groups in total. The molecular weight excluding hydrogens is 540 g/mol. The van der Waals surface area contributed by atoms with Crippen molar-refractivity contribution in [2.45, 2.75) is 57.3 Å². The number of alkyl carbamates (subject to hydrolysis) is 2. The lowest BCUT2D eigenvalue weighted by atomic mass is 9.99. The Kier molecular flexibility index (Phi) is 9.72. The summed E-state index contributed by atoms with van der Waals surface area (Å²) in [6, 6.07) is 12.8. The molecule has 0 unspecified atom stereocenters. The first-order valence-electron chi connectivity index (χ1n) is 14.0.